The van der Waals surface area contributed by atoms with Crippen molar-refractivity contribution in [2.45, 2.75) is 18.4 Å². The summed E-state index contributed by atoms with van der Waals surface area (Å²) in [5, 5.41) is 9.23. The maximum Gasteiger partial charge on any atom is 0.0893 e. The molecule has 0 radical (unpaired) electrons. The Hall–Kier alpha value is -0.560. The molecule has 1 heteroatoms. The van der Waals surface area contributed by atoms with Gasteiger partial charge in [0.1, 0.15) is 0 Å². The highest BCUT2D eigenvalue weighted by Gasteiger charge is 2.41. The van der Waals surface area contributed by atoms with Gasteiger partial charge >= 0.3 is 0 Å². The number of rotatable bonds is 2. The Morgan fingerprint density at radius 1 is 1.62 bits per heavy atom. The van der Waals surface area contributed by atoms with Gasteiger partial charge in [0.2, 0.25) is 0 Å². The molecule has 0 spiro atoms. The number of hydrogen-bond acceptors (Lipinski definition) is 1. The summed E-state index contributed by atoms with van der Waals surface area (Å²) in [7, 11) is 0. The lowest BCUT2D eigenvalue weighted by Gasteiger charge is -2.03. The Kier molecular flexibility index (Phi) is 1.01. The molecular weight excluding hydrogens is 100 g/mol. The van der Waals surface area contributed by atoms with Gasteiger partial charge in [-0.3, -0.25) is 0 Å². The largest absolute Gasteiger partial charge is 0.385 e. The van der Waals surface area contributed by atoms with Crippen LogP contribution in [0.1, 0.15) is 12.8 Å². The SMILES string of the molecule is C=CC(=C)C1(O)CC1. The zero-order chi connectivity index (χ0) is 6.20. The predicted octanol–water partition coefficient (Wildman–Crippen LogP) is 1.25. The van der Waals surface area contributed by atoms with Crippen LogP contribution in [0.25, 0.3) is 0 Å². The fourth-order valence-electron chi connectivity index (χ4n) is 0.629. The van der Waals surface area contributed by atoms with E-state index < -0.39 is 5.60 Å². The van der Waals surface area contributed by atoms with Crippen molar-refractivity contribution in [1.29, 1.82) is 0 Å². The van der Waals surface area contributed by atoms with E-state index in [0.717, 1.165) is 18.4 Å². The summed E-state index contributed by atoms with van der Waals surface area (Å²) in [5.74, 6) is 0. The summed E-state index contributed by atoms with van der Waals surface area (Å²) >= 11 is 0. The lowest BCUT2D eigenvalue weighted by molar-refractivity contribution is 0.193. The lowest BCUT2D eigenvalue weighted by atomic mass is 10.1. The van der Waals surface area contributed by atoms with Crippen molar-refractivity contribution in [3.8, 4) is 0 Å². The fraction of sp³-hybridized carbons (Fsp3) is 0.429. The van der Waals surface area contributed by atoms with E-state index >= 15 is 0 Å². The molecule has 0 aromatic carbocycles. The topological polar surface area (TPSA) is 20.2 Å². The van der Waals surface area contributed by atoms with Crippen LogP contribution in [0.4, 0.5) is 0 Å². The van der Waals surface area contributed by atoms with Crippen LogP contribution in [-0.4, -0.2) is 10.7 Å². The molecule has 0 saturated heterocycles. The van der Waals surface area contributed by atoms with Gasteiger partial charge in [0.25, 0.3) is 0 Å². The number of aliphatic hydroxyl groups is 1. The Balaban J connectivity index is 2.58. The third-order valence-electron chi connectivity index (χ3n) is 1.57. The third kappa shape index (κ3) is 0.693. The average molecular weight is 110 g/mol. The van der Waals surface area contributed by atoms with Gasteiger partial charge in [0, 0.05) is 0 Å². The molecule has 0 aromatic rings. The zero-order valence-electron chi connectivity index (χ0n) is 4.85. The van der Waals surface area contributed by atoms with Crippen LogP contribution in [0.15, 0.2) is 24.8 Å². The molecule has 1 fully saturated rings. The first kappa shape index (κ1) is 5.57. The van der Waals surface area contributed by atoms with Gasteiger partial charge in [-0.25, -0.2) is 0 Å². The van der Waals surface area contributed by atoms with Crippen LogP contribution in [0.3, 0.4) is 0 Å². The smallest absolute Gasteiger partial charge is 0.0893 e. The molecule has 1 N–H and O–H groups in total. The molecule has 0 heterocycles. The normalized spacial score (nSPS) is 22.1. The second-order valence-corrected chi connectivity index (χ2v) is 2.26. The molecule has 0 aromatic heterocycles. The monoisotopic (exact) mass is 110 g/mol. The van der Waals surface area contributed by atoms with Gasteiger partial charge in [0.05, 0.1) is 5.60 Å². The molecule has 0 atom stereocenters. The van der Waals surface area contributed by atoms with E-state index in [2.05, 4.69) is 13.2 Å². The molecule has 0 bridgehead atoms. The van der Waals surface area contributed by atoms with E-state index in [9.17, 15) is 5.11 Å². The standard InChI is InChI=1S/C7H10O/c1-3-6(2)7(8)4-5-7/h3,8H,1-2,4-5H2. The summed E-state index contributed by atoms with van der Waals surface area (Å²) in [5.41, 5.74) is 0.208. The maximum absolute atomic E-state index is 9.23. The summed E-state index contributed by atoms with van der Waals surface area (Å²) in [6, 6.07) is 0. The van der Waals surface area contributed by atoms with Crippen LogP contribution in [0, 0.1) is 0 Å². The Labute approximate surface area is 49.3 Å². The van der Waals surface area contributed by atoms with Crippen molar-refractivity contribution in [3.63, 3.8) is 0 Å². The first-order valence-electron chi connectivity index (χ1n) is 2.73. The van der Waals surface area contributed by atoms with Gasteiger partial charge in [-0.1, -0.05) is 19.2 Å². The summed E-state index contributed by atoms with van der Waals surface area (Å²) in [4.78, 5) is 0. The second kappa shape index (κ2) is 1.46. The van der Waals surface area contributed by atoms with Gasteiger partial charge in [-0.2, -0.15) is 0 Å². The minimum atomic E-state index is -0.554. The second-order valence-electron chi connectivity index (χ2n) is 2.26. The number of hydrogen-bond donors (Lipinski definition) is 1. The van der Waals surface area contributed by atoms with Crippen LogP contribution < -0.4 is 0 Å². The highest BCUT2D eigenvalue weighted by molar-refractivity contribution is 5.29. The quantitative estimate of drug-likeness (QED) is 0.530. The van der Waals surface area contributed by atoms with Crippen LogP contribution in [-0.2, 0) is 0 Å². The van der Waals surface area contributed by atoms with Crippen LogP contribution in [0.5, 0.6) is 0 Å². The molecule has 44 valence electrons. The maximum atomic E-state index is 9.23. The minimum absolute atomic E-state index is 0.554. The first-order chi connectivity index (χ1) is 3.69. The molecule has 0 amide bonds. The Bertz CT molecular complexity index is 131. The van der Waals surface area contributed by atoms with Crippen molar-refractivity contribution >= 4 is 0 Å². The summed E-state index contributed by atoms with van der Waals surface area (Å²) in [6.07, 6.45) is 3.34. The van der Waals surface area contributed by atoms with E-state index in [1.54, 1.807) is 6.08 Å². The summed E-state index contributed by atoms with van der Waals surface area (Å²) in [6.45, 7) is 7.15. The van der Waals surface area contributed by atoms with Crippen LogP contribution in [0.2, 0.25) is 0 Å². The molecule has 1 nitrogen and oxygen atoms in total. The lowest BCUT2D eigenvalue weighted by Crippen LogP contribution is -2.06. The fourth-order valence-corrected chi connectivity index (χ4v) is 0.629. The highest BCUT2D eigenvalue weighted by atomic mass is 16.3. The van der Waals surface area contributed by atoms with E-state index in [4.69, 9.17) is 0 Å². The van der Waals surface area contributed by atoms with E-state index in [1.807, 2.05) is 0 Å². The Morgan fingerprint density at radius 2 is 2.12 bits per heavy atom. The predicted molar refractivity (Wildman–Crippen MR) is 33.5 cm³/mol. The molecule has 0 aliphatic heterocycles. The van der Waals surface area contributed by atoms with E-state index in [-0.39, 0.29) is 0 Å². The van der Waals surface area contributed by atoms with Crippen molar-refractivity contribution in [2.75, 3.05) is 0 Å². The molecular formula is C7H10O. The van der Waals surface area contributed by atoms with Crippen molar-refractivity contribution in [3.05, 3.63) is 24.8 Å². The highest BCUT2D eigenvalue weighted by Crippen LogP contribution is 2.41. The van der Waals surface area contributed by atoms with Gasteiger partial charge in [-0.15, -0.1) is 0 Å². The molecule has 0 unspecified atom stereocenters. The molecule has 8 heavy (non-hydrogen) atoms. The third-order valence-corrected chi connectivity index (χ3v) is 1.57. The van der Waals surface area contributed by atoms with Crippen LogP contribution >= 0.6 is 0 Å². The molecule has 1 aliphatic rings. The first-order valence-corrected chi connectivity index (χ1v) is 2.73. The van der Waals surface area contributed by atoms with E-state index in [1.165, 1.54) is 0 Å². The Morgan fingerprint density at radius 3 is 2.25 bits per heavy atom. The van der Waals surface area contributed by atoms with Crippen molar-refractivity contribution in [2.24, 2.45) is 0 Å². The average Bonchev–Trinajstić information content (AvgIpc) is 2.47. The van der Waals surface area contributed by atoms with Gasteiger partial charge < -0.3 is 5.11 Å². The van der Waals surface area contributed by atoms with E-state index in [0.29, 0.717) is 0 Å². The van der Waals surface area contributed by atoms with Crippen molar-refractivity contribution in [1.82, 2.24) is 0 Å². The minimum Gasteiger partial charge on any atom is -0.385 e. The molecule has 1 saturated carbocycles. The summed E-state index contributed by atoms with van der Waals surface area (Å²) < 4.78 is 0. The van der Waals surface area contributed by atoms with Gasteiger partial charge in [-0.05, 0) is 18.4 Å². The molecule has 1 rings (SSSR count). The molecule has 1 aliphatic carbocycles. The van der Waals surface area contributed by atoms with Crippen molar-refractivity contribution < 1.29 is 5.11 Å². The van der Waals surface area contributed by atoms with Gasteiger partial charge in [0.15, 0.2) is 0 Å². The zero-order valence-corrected chi connectivity index (χ0v) is 4.85.